The Morgan fingerprint density at radius 3 is 2.92 bits per heavy atom. The number of rotatable bonds is 4. The topological polar surface area (TPSA) is 77.0 Å². The number of hydrogen-bond donors (Lipinski definition) is 2. The van der Waals surface area contributed by atoms with E-state index in [2.05, 4.69) is 27.1 Å². The van der Waals surface area contributed by atoms with E-state index in [1.54, 1.807) is 18.4 Å². The molecule has 7 nitrogen and oxygen atoms in total. The molecule has 2 aliphatic rings. The fourth-order valence-electron chi connectivity index (χ4n) is 3.45. The van der Waals surface area contributed by atoms with Gasteiger partial charge in [-0.25, -0.2) is 0 Å². The standard InChI is InChI=1S/C18H27N5O2S/c1-3-16(24)23-7-4-14(12-23)21-18(19-2)20-10-17(25)22-8-5-15-13(11-22)6-9-26-15/h6,9,14H,3-5,7-8,10-12H2,1-2H3,(H2,19,20,21). The molecule has 0 bridgehead atoms. The van der Waals surface area contributed by atoms with Crippen molar-refractivity contribution in [2.24, 2.45) is 4.99 Å². The third kappa shape index (κ3) is 4.35. The van der Waals surface area contributed by atoms with Crippen LogP contribution in [0.4, 0.5) is 0 Å². The van der Waals surface area contributed by atoms with Gasteiger partial charge >= 0.3 is 0 Å². The molecule has 0 saturated carbocycles. The van der Waals surface area contributed by atoms with Crippen LogP contribution in [0.15, 0.2) is 16.4 Å². The fraction of sp³-hybridized carbons (Fsp3) is 0.611. The third-order valence-corrected chi connectivity index (χ3v) is 6.00. The zero-order valence-electron chi connectivity index (χ0n) is 15.5. The number of nitrogens with zero attached hydrogens (tertiary/aromatic N) is 3. The first-order chi connectivity index (χ1) is 12.6. The van der Waals surface area contributed by atoms with E-state index in [1.807, 2.05) is 16.7 Å². The number of carbonyl (C=O) groups excluding carboxylic acids is 2. The summed E-state index contributed by atoms with van der Waals surface area (Å²) in [5, 5.41) is 8.53. The van der Waals surface area contributed by atoms with Gasteiger partial charge in [0.15, 0.2) is 5.96 Å². The lowest BCUT2D eigenvalue weighted by Crippen LogP contribution is -2.49. The van der Waals surface area contributed by atoms with Crippen LogP contribution in [0, 0.1) is 0 Å². The second-order valence-electron chi connectivity index (χ2n) is 6.68. The summed E-state index contributed by atoms with van der Waals surface area (Å²) in [7, 11) is 1.70. The molecule has 3 rings (SSSR count). The first-order valence-corrected chi connectivity index (χ1v) is 10.1. The first kappa shape index (κ1) is 18.7. The number of likely N-dealkylation sites (tertiary alicyclic amines) is 1. The summed E-state index contributed by atoms with van der Waals surface area (Å²) in [4.78, 5) is 33.7. The third-order valence-electron chi connectivity index (χ3n) is 4.98. The molecule has 8 heteroatoms. The van der Waals surface area contributed by atoms with Gasteiger partial charge in [0.1, 0.15) is 0 Å². The van der Waals surface area contributed by atoms with Crippen LogP contribution >= 0.6 is 11.3 Å². The van der Waals surface area contributed by atoms with Gasteiger partial charge in [0, 0.05) is 50.6 Å². The van der Waals surface area contributed by atoms with Gasteiger partial charge in [-0.3, -0.25) is 14.6 Å². The van der Waals surface area contributed by atoms with E-state index in [1.165, 1.54) is 10.4 Å². The number of aliphatic imine (C=N–C) groups is 1. The SMILES string of the molecule is CCC(=O)N1CCC(NC(=NC)NCC(=O)N2CCc3sccc3C2)C1. The lowest BCUT2D eigenvalue weighted by Gasteiger charge is -2.27. The van der Waals surface area contributed by atoms with Gasteiger partial charge in [-0.15, -0.1) is 11.3 Å². The smallest absolute Gasteiger partial charge is 0.242 e. The van der Waals surface area contributed by atoms with Crippen LogP contribution in [0.2, 0.25) is 0 Å². The van der Waals surface area contributed by atoms with Gasteiger partial charge in [-0.2, -0.15) is 0 Å². The Labute approximate surface area is 158 Å². The van der Waals surface area contributed by atoms with Crippen molar-refractivity contribution in [3.63, 3.8) is 0 Å². The molecule has 2 N–H and O–H groups in total. The highest BCUT2D eigenvalue weighted by atomic mass is 32.1. The van der Waals surface area contributed by atoms with E-state index in [4.69, 9.17) is 0 Å². The number of amides is 2. The monoisotopic (exact) mass is 377 g/mol. The molecule has 1 unspecified atom stereocenters. The molecule has 142 valence electrons. The van der Waals surface area contributed by atoms with Crippen LogP contribution in [-0.2, 0) is 22.6 Å². The average Bonchev–Trinajstić information content (AvgIpc) is 3.32. The van der Waals surface area contributed by atoms with Crippen molar-refractivity contribution in [3.8, 4) is 0 Å². The first-order valence-electron chi connectivity index (χ1n) is 9.18. The van der Waals surface area contributed by atoms with Gasteiger partial charge in [-0.1, -0.05) is 6.92 Å². The highest BCUT2D eigenvalue weighted by Gasteiger charge is 2.26. The van der Waals surface area contributed by atoms with E-state index < -0.39 is 0 Å². The maximum atomic E-state index is 12.5. The average molecular weight is 378 g/mol. The zero-order chi connectivity index (χ0) is 18.5. The Morgan fingerprint density at radius 1 is 1.31 bits per heavy atom. The van der Waals surface area contributed by atoms with Crippen LogP contribution in [0.1, 0.15) is 30.2 Å². The molecule has 26 heavy (non-hydrogen) atoms. The number of fused-ring (bicyclic) bond motifs is 1. The van der Waals surface area contributed by atoms with Crippen molar-refractivity contribution >= 4 is 29.1 Å². The highest BCUT2D eigenvalue weighted by molar-refractivity contribution is 7.10. The number of guanidine groups is 1. The Kier molecular flexibility index (Phi) is 6.13. The number of nitrogens with one attached hydrogen (secondary N) is 2. The van der Waals surface area contributed by atoms with Crippen LogP contribution < -0.4 is 10.6 Å². The summed E-state index contributed by atoms with van der Waals surface area (Å²) >= 11 is 1.77. The van der Waals surface area contributed by atoms with Crippen molar-refractivity contribution in [2.45, 2.75) is 38.8 Å². The van der Waals surface area contributed by atoms with Crippen molar-refractivity contribution in [3.05, 3.63) is 21.9 Å². The molecule has 0 aliphatic carbocycles. The van der Waals surface area contributed by atoms with Gasteiger partial charge < -0.3 is 20.4 Å². The minimum Gasteiger partial charge on any atom is -0.352 e. The van der Waals surface area contributed by atoms with Crippen molar-refractivity contribution in [1.29, 1.82) is 0 Å². The van der Waals surface area contributed by atoms with E-state index in [0.717, 1.165) is 25.9 Å². The predicted octanol–water partition coefficient (Wildman–Crippen LogP) is 0.809. The van der Waals surface area contributed by atoms with Crippen LogP contribution in [-0.4, -0.2) is 66.8 Å². The largest absolute Gasteiger partial charge is 0.352 e. The second kappa shape index (κ2) is 8.53. The Balaban J connectivity index is 1.44. The molecule has 0 aromatic carbocycles. The predicted molar refractivity (Wildman–Crippen MR) is 103 cm³/mol. The summed E-state index contributed by atoms with van der Waals surface area (Å²) < 4.78 is 0. The normalized spacial score (nSPS) is 20.1. The molecule has 3 heterocycles. The number of carbonyl (C=O) groups is 2. The molecular weight excluding hydrogens is 350 g/mol. The van der Waals surface area contributed by atoms with Gasteiger partial charge in [0.25, 0.3) is 0 Å². The quantitative estimate of drug-likeness (QED) is 0.601. The Morgan fingerprint density at radius 2 is 2.15 bits per heavy atom. The molecule has 0 radical (unpaired) electrons. The molecule has 1 atom stereocenters. The highest BCUT2D eigenvalue weighted by Crippen LogP contribution is 2.23. The minimum atomic E-state index is 0.0824. The van der Waals surface area contributed by atoms with Crippen molar-refractivity contribution in [1.82, 2.24) is 20.4 Å². The van der Waals surface area contributed by atoms with E-state index >= 15 is 0 Å². The van der Waals surface area contributed by atoms with Crippen LogP contribution in [0.25, 0.3) is 0 Å². The summed E-state index contributed by atoms with van der Waals surface area (Å²) in [6.45, 7) is 5.04. The molecular formula is C18H27N5O2S. The van der Waals surface area contributed by atoms with Gasteiger partial charge in [0.2, 0.25) is 11.8 Å². The van der Waals surface area contributed by atoms with E-state index in [9.17, 15) is 9.59 Å². The maximum Gasteiger partial charge on any atom is 0.242 e. The zero-order valence-corrected chi connectivity index (χ0v) is 16.3. The Bertz CT molecular complexity index is 687. The molecule has 1 aromatic heterocycles. The van der Waals surface area contributed by atoms with Gasteiger partial charge in [-0.05, 0) is 29.9 Å². The lowest BCUT2D eigenvalue weighted by molar-refractivity contribution is -0.131. The maximum absolute atomic E-state index is 12.5. The number of thiophene rings is 1. The molecule has 1 fully saturated rings. The fourth-order valence-corrected chi connectivity index (χ4v) is 4.34. The summed E-state index contributed by atoms with van der Waals surface area (Å²) in [6.07, 6.45) is 2.37. The van der Waals surface area contributed by atoms with Crippen molar-refractivity contribution < 1.29 is 9.59 Å². The Hall–Kier alpha value is -2.09. The minimum absolute atomic E-state index is 0.0824. The second-order valence-corrected chi connectivity index (χ2v) is 7.68. The lowest BCUT2D eigenvalue weighted by atomic mass is 10.1. The van der Waals surface area contributed by atoms with Crippen LogP contribution in [0.3, 0.4) is 0 Å². The van der Waals surface area contributed by atoms with E-state index in [-0.39, 0.29) is 24.4 Å². The van der Waals surface area contributed by atoms with Crippen molar-refractivity contribution in [2.75, 3.05) is 33.2 Å². The molecule has 2 aliphatic heterocycles. The summed E-state index contributed by atoms with van der Waals surface area (Å²) in [5.74, 6) is 0.881. The summed E-state index contributed by atoms with van der Waals surface area (Å²) in [6, 6.07) is 2.28. The van der Waals surface area contributed by atoms with Gasteiger partial charge in [0.05, 0.1) is 6.54 Å². The van der Waals surface area contributed by atoms with Crippen LogP contribution in [0.5, 0.6) is 0 Å². The van der Waals surface area contributed by atoms with E-state index in [0.29, 0.717) is 25.5 Å². The molecule has 2 amide bonds. The number of hydrogen-bond acceptors (Lipinski definition) is 4. The summed E-state index contributed by atoms with van der Waals surface area (Å²) in [5.41, 5.74) is 1.27. The molecule has 1 saturated heterocycles. The molecule has 1 aromatic rings. The molecule has 0 spiro atoms.